The van der Waals surface area contributed by atoms with Gasteiger partial charge >= 0.3 is 0 Å². The van der Waals surface area contributed by atoms with Gasteiger partial charge in [0.15, 0.2) is 0 Å². The Labute approximate surface area is 153 Å². The number of rotatable bonds is 2. The number of likely N-dealkylation sites (N-methyl/N-ethyl adjacent to an activating group) is 1. The molecule has 0 saturated carbocycles. The van der Waals surface area contributed by atoms with Crippen molar-refractivity contribution in [1.82, 2.24) is 15.1 Å². The molecule has 0 unspecified atom stereocenters. The molecule has 2 amide bonds. The largest absolute Gasteiger partial charge is 0.496 e. The standard InChI is InChI=1S/C18H24ClN3O3/c1-21-9-3-8-20-17(24)18(21)6-10-22(11-7-18)16(23)14-5-4-13(19)12-15(14)25-2/h4-5,12H,3,6-11H2,1-2H3,(H,20,24). The fourth-order valence-corrected chi connectivity index (χ4v) is 3.93. The molecule has 1 spiro atoms. The summed E-state index contributed by atoms with van der Waals surface area (Å²) in [6.45, 7) is 2.69. The van der Waals surface area contributed by atoms with Gasteiger partial charge in [-0.3, -0.25) is 14.5 Å². The van der Waals surface area contributed by atoms with Crippen molar-refractivity contribution in [2.45, 2.75) is 24.8 Å². The van der Waals surface area contributed by atoms with Gasteiger partial charge in [0.1, 0.15) is 11.3 Å². The van der Waals surface area contributed by atoms with Crippen LogP contribution in [-0.4, -0.2) is 67.5 Å². The van der Waals surface area contributed by atoms with Crippen LogP contribution in [0.3, 0.4) is 0 Å². The molecular formula is C18H24ClN3O3. The molecule has 136 valence electrons. The van der Waals surface area contributed by atoms with E-state index in [1.165, 1.54) is 7.11 Å². The fraction of sp³-hybridized carbons (Fsp3) is 0.556. The van der Waals surface area contributed by atoms with Crippen LogP contribution in [0.2, 0.25) is 5.02 Å². The van der Waals surface area contributed by atoms with Gasteiger partial charge in [-0.1, -0.05) is 11.6 Å². The first-order valence-electron chi connectivity index (χ1n) is 8.60. The number of methoxy groups -OCH3 is 1. The summed E-state index contributed by atoms with van der Waals surface area (Å²) in [4.78, 5) is 29.4. The molecule has 1 aromatic carbocycles. The van der Waals surface area contributed by atoms with Crippen molar-refractivity contribution in [2.24, 2.45) is 0 Å². The zero-order valence-electron chi connectivity index (χ0n) is 14.7. The molecule has 0 aromatic heterocycles. The third-order valence-corrected chi connectivity index (χ3v) is 5.62. The molecule has 0 bridgehead atoms. The number of carbonyl (C=O) groups excluding carboxylic acids is 2. The maximum Gasteiger partial charge on any atom is 0.257 e. The minimum Gasteiger partial charge on any atom is -0.496 e. The fourth-order valence-electron chi connectivity index (χ4n) is 3.77. The number of benzene rings is 1. The summed E-state index contributed by atoms with van der Waals surface area (Å²) in [7, 11) is 3.53. The van der Waals surface area contributed by atoms with Gasteiger partial charge in [0.05, 0.1) is 12.7 Å². The Morgan fingerprint density at radius 1 is 1.28 bits per heavy atom. The van der Waals surface area contributed by atoms with E-state index in [1.807, 2.05) is 7.05 Å². The molecule has 25 heavy (non-hydrogen) atoms. The Hall–Kier alpha value is -1.79. The van der Waals surface area contributed by atoms with Gasteiger partial charge in [-0.25, -0.2) is 0 Å². The predicted octanol–water partition coefficient (Wildman–Crippen LogP) is 1.78. The lowest BCUT2D eigenvalue weighted by Gasteiger charge is -2.45. The van der Waals surface area contributed by atoms with E-state index in [-0.39, 0.29) is 11.8 Å². The summed E-state index contributed by atoms with van der Waals surface area (Å²) in [6.07, 6.45) is 2.22. The number of carbonyl (C=O) groups is 2. The van der Waals surface area contributed by atoms with Gasteiger partial charge in [-0.2, -0.15) is 0 Å². The molecule has 2 heterocycles. The number of amides is 2. The summed E-state index contributed by atoms with van der Waals surface area (Å²) < 4.78 is 5.29. The molecule has 3 rings (SSSR count). The summed E-state index contributed by atoms with van der Waals surface area (Å²) in [5.74, 6) is 0.478. The van der Waals surface area contributed by atoms with E-state index < -0.39 is 5.54 Å². The second-order valence-electron chi connectivity index (χ2n) is 6.70. The second kappa shape index (κ2) is 7.22. The smallest absolute Gasteiger partial charge is 0.257 e. The molecule has 2 fully saturated rings. The van der Waals surface area contributed by atoms with E-state index in [9.17, 15) is 9.59 Å². The van der Waals surface area contributed by atoms with Crippen LogP contribution in [-0.2, 0) is 4.79 Å². The number of piperidine rings is 1. The van der Waals surface area contributed by atoms with Crippen LogP contribution in [0.5, 0.6) is 5.75 Å². The highest BCUT2D eigenvalue weighted by atomic mass is 35.5. The average molecular weight is 366 g/mol. The van der Waals surface area contributed by atoms with Crippen LogP contribution in [0.15, 0.2) is 18.2 Å². The van der Waals surface area contributed by atoms with Crippen LogP contribution in [0, 0.1) is 0 Å². The number of halogens is 1. The molecule has 2 aliphatic rings. The maximum atomic E-state index is 12.9. The van der Waals surface area contributed by atoms with Crippen LogP contribution in [0.1, 0.15) is 29.6 Å². The van der Waals surface area contributed by atoms with Crippen molar-refractivity contribution in [3.8, 4) is 5.75 Å². The zero-order chi connectivity index (χ0) is 18.0. The first-order valence-corrected chi connectivity index (χ1v) is 8.98. The lowest BCUT2D eigenvalue weighted by Crippen LogP contribution is -2.61. The van der Waals surface area contributed by atoms with E-state index in [4.69, 9.17) is 16.3 Å². The van der Waals surface area contributed by atoms with Crippen molar-refractivity contribution < 1.29 is 14.3 Å². The highest BCUT2D eigenvalue weighted by molar-refractivity contribution is 6.30. The van der Waals surface area contributed by atoms with Gasteiger partial charge in [0.25, 0.3) is 5.91 Å². The number of likely N-dealkylation sites (tertiary alicyclic amines) is 1. The van der Waals surface area contributed by atoms with Gasteiger partial charge in [0.2, 0.25) is 5.91 Å². The second-order valence-corrected chi connectivity index (χ2v) is 7.14. The van der Waals surface area contributed by atoms with Crippen molar-refractivity contribution in [1.29, 1.82) is 0 Å². The highest BCUT2D eigenvalue weighted by Gasteiger charge is 2.46. The molecule has 0 atom stereocenters. The third-order valence-electron chi connectivity index (χ3n) is 5.38. The molecular weight excluding hydrogens is 342 g/mol. The lowest BCUT2D eigenvalue weighted by atomic mass is 9.85. The normalized spacial score (nSPS) is 20.9. The van der Waals surface area contributed by atoms with Crippen LogP contribution >= 0.6 is 11.6 Å². The molecule has 7 heteroatoms. The summed E-state index contributed by atoms with van der Waals surface area (Å²) in [6, 6.07) is 5.03. The minimum atomic E-state index is -0.503. The van der Waals surface area contributed by atoms with E-state index in [0.29, 0.717) is 42.3 Å². The summed E-state index contributed by atoms with van der Waals surface area (Å²) >= 11 is 5.98. The van der Waals surface area contributed by atoms with Crippen molar-refractivity contribution in [2.75, 3.05) is 40.3 Å². The van der Waals surface area contributed by atoms with Crippen molar-refractivity contribution in [3.05, 3.63) is 28.8 Å². The first-order chi connectivity index (χ1) is 12.0. The SMILES string of the molecule is COc1cc(Cl)ccc1C(=O)N1CCC2(CC1)C(=O)NCCCN2C. The zero-order valence-corrected chi connectivity index (χ0v) is 15.4. The van der Waals surface area contributed by atoms with Crippen LogP contribution < -0.4 is 10.1 Å². The Morgan fingerprint density at radius 3 is 2.68 bits per heavy atom. The van der Waals surface area contributed by atoms with Crippen molar-refractivity contribution in [3.63, 3.8) is 0 Å². The molecule has 1 N–H and O–H groups in total. The number of nitrogens with zero attached hydrogens (tertiary/aromatic N) is 2. The quantitative estimate of drug-likeness (QED) is 0.867. The summed E-state index contributed by atoms with van der Waals surface area (Å²) in [5, 5.41) is 3.55. The Morgan fingerprint density at radius 2 is 2.00 bits per heavy atom. The lowest BCUT2D eigenvalue weighted by molar-refractivity contribution is -0.134. The Balaban J connectivity index is 1.76. The van der Waals surface area contributed by atoms with Gasteiger partial charge in [-0.15, -0.1) is 0 Å². The predicted molar refractivity (Wildman–Crippen MR) is 96.1 cm³/mol. The molecule has 0 aliphatic carbocycles. The van der Waals surface area contributed by atoms with E-state index >= 15 is 0 Å². The third kappa shape index (κ3) is 3.33. The number of ether oxygens (including phenoxy) is 1. The molecule has 0 radical (unpaired) electrons. The Bertz CT molecular complexity index is 672. The highest BCUT2D eigenvalue weighted by Crippen LogP contribution is 2.32. The molecule has 2 aliphatic heterocycles. The van der Waals surface area contributed by atoms with Gasteiger partial charge in [-0.05, 0) is 44.5 Å². The number of nitrogens with one attached hydrogen (secondary N) is 1. The topological polar surface area (TPSA) is 61.9 Å². The monoisotopic (exact) mass is 365 g/mol. The minimum absolute atomic E-state index is 0.0833. The van der Waals surface area contributed by atoms with Crippen LogP contribution in [0.25, 0.3) is 0 Å². The van der Waals surface area contributed by atoms with E-state index in [2.05, 4.69) is 10.2 Å². The maximum absolute atomic E-state index is 12.9. The van der Waals surface area contributed by atoms with E-state index in [1.54, 1.807) is 23.1 Å². The van der Waals surface area contributed by atoms with E-state index in [0.717, 1.165) is 19.5 Å². The Kier molecular flexibility index (Phi) is 5.20. The molecule has 6 nitrogen and oxygen atoms in total. The number of hydrogen-bond acceptors (Lipinski definition) is 4. The van der Waals surface area contributed by atoms with Crippen LogP contribution in [0.4, 0.5) is 0 Å². The van der Waals surface area contributed by atoms with Gasteiger partial charge in [0, 0.05) is 31.2 Å². The molecule has 2 saturated heterocycles. The van der Waals surface area contributed by atoms with Gasteiger partial charge < -0.3 is 15.0 Å². The average Bonchev–Trinajstić information content (AvgIpc) is 2.76. The number of hydrogen-bond donors (Lipinski definition) is 1. The van der Waals surface area contributed by atoms with Crippen molar-refractivity contribution >= 4 is 23.4 Å². The summed E-state index contributed by atoms with van der Waals surface area (Å²) in [5.41, 5.74) is -0.00121. The first kappa shape index (κ1) is 18.0. The molecule has 1 aromatic rings.